The lowest BCUT2D eigenvalue weighted by atomic mass is 9.71. The molecule has 0 bridgehead atoms. The first-order valence-electron chi connectivity index (χ1n) is 4.30. The number of aromatic nitrogens is 1. The molecule has 0 radical (unpaired) electrons. The quantitative estimate of drug-likeness (QED) is 0.694. The van der Waals surface area contributed by atoms with Gasteiger partial charge in [-0.05, 0) is 18.9 Å². The number of aliphatic hydroxyl groups excluding tert-OH is 1. The summed E-state index contributed by atoms with van der Waals surface area (Å²) in [6.45, 7) is 0. The molecule has 3 N–H and O–H groups in total. The van der Waals surface area contributed by atoms with E-state index in [0.717, 1.165) is 0 Å². The Labute approximate surface area is 85.7 Å². The highest BCUT2D eigenvalue weighted by Crippen LogP contribution is 2.40. The van der Waals surface area contributed by atoms with Crippen LogP contribution in [0.3, 0.4) is 0 Å². The molecule has 1 fully saturated rings. The number of pyridine rings is 1. The summed E-state index contributed by atoms with van der Waals surface area (Å²) < 4.78 is 13.3. The Kier molecular flexibility index (Phi) is 2.21. The molecule has 0 aliphatic heterocycles. The van der Waals surface area contributed by atoms with Crippen molar-refractivity contribution in [1.29, 1.82) is 0 Å². The summed E-state index contributed by atoms with van der Waals surface area (Å²) in [4.78, 5) is 3.49. The SMILES string of the molecule is NC1(c2cc(Cl)cnc2F)CC(O)C1. The second-order valence-electron chi connectivity index (χ2n) is 3.71. The van der Waals surface area contributed by atoms with E-state index in [1.165, 1.54) is 12.3 Å². The summed E-state index contributed by atoms with van der Waals surface area (Å²) in [6.07, 6.45) is 1.50. The van der Waals surface area contributed by atoms with Crippen molar-refractivity contribution in [2.24, 2.45) is 5.73 Å². The minimum Gasteiger partial charge on any atom is -0.393 e. The van der Waals surface area contributed by atoms with Crippen LogP contribution in [0.2, 0.25) is 5.02 Å². The summed E-state index contributed by atoms with van der Waals surface area (Å²) in [5.74, 6) is -0.608. The average Bonchev–Trinajstić information content (AvgIpc) is 2.07. The zero-order valence-corrected chi connectivity index (χ0v) is 8.13. The van der Waals surface area contributed by atoms with Gasteiger partial charge in [-0.15, -0.1) is 0 Å². The molecule has 1 aliphatic rings. The molecule has 0 amide bonds. The van der Waals surface area contributed by atoms with Crippen LogP contribution >= 0.6 is 11.6 Å². The second-order valence-corrected chi connectivity index (χ2v) is 4.15. The van der Waals surface area contributed by atoms with E-state index in [2.05, 4.69) is 4.98 Å². The molecule has 0 unspecified atom stereocenters. The predicted octanol–water partition coefficient (Wildman–Crippen LogP) is 1.18. The van der Waals surface area contributed by atoms with E-state index in [1.807, 2.05) is 0 Å². The number of halogens is 2. The number of rotatable bonds is 1. The fourth-order valence-electron chi connectivity index (χ4n) is 1.77. The van der Waals surface area contributed by atoms with Gasteiger partial charge < -0.3 is 10.8 Å². The van der Waals surface area contributed by atoms with Gasteiger partial charge in [-0.2, -0.15) is 4.39 Å². The molecule has 1 aliphatic carbocycles. The Morgan fingerprint density at radius 2 is 2.29 bits per heavy atom. The maximum atomic E-state index is 13.3. The van der Waals surface area contributed by atoms with Gasteiger partial charge in [0.05, 0.1) is 16.7 Å². The van der Waals surface area contributed by atoms with Gasteiger partial charge in [0.25, 0.3) is 0 Å². The van der Waals surface area contributed by atoms with Crippen LogP contribution in [0.15, 0.2) is 12.3 Å². The molecule has 0 aromatic carbocycles. The Morgan fingerprint density at radius 1 is 1.64 bits per heavy atom. The molecule has 0 atom stereocenters. The third kappa shape index (κ3) is 1.49. The molecular weight excluding hydrogens is 207 g/mol. The highest BCUT2D eigenvalue weighted by atomic mass is 35.5. The molecule has 14 heavy (non-hydrogen) atoms. The maximum Gasteiger partial charge on any atom is 0.217 e. The number of hydrogen-bond acceptors (Lipinski definition) is 3. The van der Waals surface area contributed by atoms with Crippen molar-refractivity contribution in [3.8, 4) is 0 Å². The molecular formula is C9H10ClFN2O. The summed E-state index contributed by atoms with van der Waals surface area (Å²) in [7, 11) is 0. The van der Waals surface area contributed by atoms with Crippen molar-refractivity contribution in [1.82, 2.24) is 4.98 Å². The smallest absolute Gasteiger partial charge is 0.217 e. The van der Waals surface area contributed by atoms with E-state index in [1.54, 1.807) is 0 Å². The van der Waals surface area contributed by atoms with Crippen molar-refractivity contribution in [2.75, 3.05) is 0 Å². The summed E-state index contributed by atoms with van der Waals surface area (Å²) >= 11 is 5.69. The Hall–Kier alpha value is -0.710. The molecule has 1 saturated carbocycles. The van der Waals surface area contributed by atoms with Crippen molar-refractivity contribution >= 4 is 11.6 Å². The van der Waals surface area contributed by atoms with Gasteiger partial charge in [-0.1, -0.05) is 11.6 Å². The van der Waals surface area contributed by atoms with Crippen molar-refractivity contribution in [3.63, 3.8) is 0 Å². The van der Waals surface area contributed by atoms with Gasteiger partial charge in [0, 0.05) is 11.8 Å². The van der Waals surface area contributed by atoms with E-state index in [0.29, 0.717) is 17.9 Å². The highest BCUT2D eigenvalue weighted by molar-refractivity contribution is 6.30. The molecule has 0 spiro atoms. The lowest BCUT2D eigenvalue weighted by molar-refractivity contribution is 0.0189. The van der Waals surface area contributed by atoms with Crippen molar-refractivity contribution < 1.29 is 9.50 Å². The fraction of sp³-hybridized carbons (Fsp3) is 0.444. The number of hydrogen-bond donors (Lipinski definition) is 2. The van der Waals surface area contributed by atoms with E-state index in [9.17, 15) is 4.39 Å². The molecule has 3 nitrogen and oxygen atoms in total. The minimum atomic E-state index is -0.804. The van der Waals surface area contributed by atoms with Crippen LogP contribution in [0.25, 0.3) is 0 Å². The third-order valence-corrected chi connectivity index (χ3v) is 2.75. The third-order valence-electron chi connectivity index (χ3n) is 2.54. The molecule has 1 aromatic heterocycles. The minimum absolute atomic E-state index is 0.287. The summed E-state index contributed by atoms with van der Waals surface area (Å²) in [5.41, 5.74) is 5.37. The first kappa shape index (κ1) is 9.83. The van der Waals surface area contributed by atoms with Gasteiger partial charge >= 0.3 is 0 Å². The maximum absolute atomic E-state index is 13.3. The molecule has 1 heterocycles. The van der Waals surface area contributed by atoms with Crippen LogP contribution in [-0.2, 0) is 5.54 Å². The number of aliphatic hydroxyl groups is 1. The summed E-state index contributed by atoms with van der Waals surface area (Å²) in [6, 6.07) is 1.47. The Morgan fingerprint density at radius 3 is 2.86 bits per heavy atom. The average molecular weight is 217 g/mol. The van der Waals surface area contributed by atoms with Gasteiger partial charge in [0.1, 0.15) is 0 Å². The number of nitrogens with two attached hydrogens (primary N) is 1. The molecule has 5 heteroatoms. The monoisotopic (exact) mass is 216 g/mol. The summed E-state index contributed by atoms with van der Waals surface area (Å²) in [5, 5.41) is 9.50. The normalized spacial score (nSPS) is 31.3. The molecule has 1 aromatic rings. The standard InChI is InChI=1S/C9H10ClFN2O/c10-5-1-7(8(11)13-4-5)9(12)2-6(14)3-9/h1,4,6,14H,2-3,12H2. The largest absolute Gasteiger partial charge is 0.393 e. The fourth-order valence-corrected chi connectivity index (χ4v) is 1.93. The van der Waals surface area contributed by atoms with Crippen LogP contribution in [0.4, 0.5) is 4.39 Å². The highest BCUT2D eigenvalue weighted by Gasteiger charge is 2.43. The number of nitrogens with zero attached hydrogens (tertiary/aromatic N) is 1. The van der Waals surface area contributed by atoms with Crippen LogP contribution in [-0.4, -0.2) is 16.2 Å². The van der Waals surface area contributed by atoms with Gasteiger partial charge in [-0.3, -0.25) is 0 Å². The molecule has 0 saturated heterocycles. The van der Waals surface area contributed by atoms with Crippen LogP contribution in [0, 0.1) is 5.95 Å². The lowest BCUT2D eigenvalue weighted by Crippen LogP contribution is -2.52. The van der Waals surface area contributed by atoms with Crippen LogP contribution in [0.1, 0.15) is 18.4 Å². The second kappa shape index (κ2) is 3.15. The van der Waals surface area contributed by atoms with Crippen LogP contribution in [0.5, 0.6) is 0 Å². The predicted molar refractivity (Wildman–Crippen MR) is 50.3 cm³/mol. The van der Waals surface area contributed by atoms with Gasteiger partial charge in [0.2, 0.25) is 5.95 Å². The molecule has 76 valence electrons. The van der Waals surface area contributed by atoms with E-state index in [-0.39, 0.29) is 5.56 Å². The van der Waals surface area contributed by atoms with Crippen molar-refractivity contribution in [3.05, 3.63) is 28.8 Å². The topological polar surface area (TPSA) is 59.1 Å². The Bertz CT molecular complexity index is 366. The van der Waals surface area contributed by atoms with Crippen molar-refractivity contribution in [2.45, 2.75) is 24.5 Å². The Balaban J connectivity index is 2.36. The first-order valence-corrected chi connectivity index (χ1v) is 4.67. The zero-order valence-electron chi connectivity index (χ0n) is 7.37. The first-order chi connectivity index (χ1) is 6.51. The van der Waals surface area contributed by atoms with Gasteiger partial charge in [0.15, 0.2) is 0 Å². The lowest BCUT2D eigenvalue weighted by Gasteiger charge is -2.42. The van der Waals surface area contributed by atoms with E-state index < -0.39 is 17.6 Å². The van der Waals surface area contributed by atoms with Crippen LogP contribution < -0.4 is 5.73 Å². The van der Waals surface area contributed by atoms with Gasteiger partial charge in [-0.25, -0.2) is 4.98 Å². The molecule has 2 rings (SSSR count). The van der Waals surface area contributed by atoms with E-state index in [4.69, 9.17) is 22.4 Å². The zero-order chi connectivity index (χ0) is 10.3. The van der Waals surface area contributed by atoms with E-state index >= 15 is 0 Å².